The van der Waals surface area contributed by atoms with E-state index in [4.69, 9.17) is 42.8 Å². The van der Waals surface area contributed by atoms with Gasteiger partial charge in [-0.1, -0.05) is 23.2 Å². The van der Waals surface area contributed by atoms with Crippen LogP contribution >= 0.6 is 23.2 Å². The maximum atomic E-state index is 12.9. The fourth-order valence-corrected chi connectivity index (χ4v) is 4.07. The number of anilines is 3. The molecule has 4 aromatic rings. The molecule has 0 unspecified atom stereocenters. The first-order valence-electron chi connectivity index (χ1n) is 9.81. The number of nitrogens with one attached hydrogen (secondary N) is 1. The molecule has 0 atom stereocenters. The third-order valence-electron chi connectivity index (χ3n) is 5.10. The Morgan fingerprint density at radius 2 is 1.69 bits per heavy atom. The summed E-state index contributed by atoms with van der Waals surface area (Å²) in [5, 5.41) is 3.43. The third-order valence-corrected chi connectivity index (χ3v) is 5.85. The highest BCUT2D eigenvalue weighted by atomic mass is 35.5. The number of hydrogen-bond donors (Lipinski definition) is 2. The highest BCUT2D eigenvalue weighted by Gasteiger charge is 2.30. The number of nitrogen functional groups attached to an aromatic ring is 1. The van der Waals surface area contributed by atoms with Gasteiger partial charge in [-0.15, -0.1) is 0 Å². The number of nitrogens with two attached hydrogens (primary N) is 1. The number of rotatable bonds is 5. The standard InChI is InChI=1S/C23H16Cl2F3N3O4/c1-33-16-7-17(34-2)21(25)19(20(16)24)12-5-10-9-30-18(8-15(10)35-22(12)32)31-14-4-3-11(6-13(14)29)23(26,27)28/h3-9H,29H2,1-2H3,(H,30,31). The number of halogens is 5. The normalized spacial score (nSPS) is 11.5. The number of aromatic nitrogens is 1. The lowest BCUT2D eigenvalue weighted by molar-refractivity contribution is -0.137. The van der Waals surface area contributed by atoms with Gasteiger partial charge in [-0.05, 0) is 24.3 Å². The Bertz CT molecular complexity index is 1480. The van der Waals surface area contributed by atoms with E-state index < -0.39 is 17.4 Å². The molecular formula is C23H16Cl2F3N3O4. The number of methoxy groups -OCH3 is 2. The summed E-state index contributed by atoms with van der Waals surface area (Å²) in [4.78, 5) is 17.1. The van der Waals surface area contributed by atoms with Crippen molar-refractivity contribution < 1.29 is 27.1 Å². The van der Waals surface area contributed by atoms with Gasteiger partial charge in [-0.25, -0.2) is 9.78 Å². The number of pyridine rings is 1. The van der Waals surface area contributed by atoms with E-state index in [0.717, 1.165) is 12.1 Å². The molecule has 12 heteroatoms. The predicted molar refractivity (Wildman–Crippen MR) is 128 cm³/mol. The van der Waals surface area contributed by atoms with E-state index >= 15 is 0 Å². The Labute approximate surface area is 206 Å². The van der Waals surface area contributed by atoms with E-state index in [2.05, 4.69) is 10.3 Å². The number of benzene rings is 2. The van der Waals surface area contributed by atoms with Crippen LogP contribution in [0.1, 0.15) is 5.56 Å². The van der Waals surface area contributed by atoms with Crippen molar-refractivity contribution in [3.8, 4) is 22.6 Å². The van der Waals surface area contributed by atoms with E-state index in [-0.39, 0.29) is 55.4 Å². The minimum absolute atomic E-state index is 0.0548. The first-order chi connectivity index (χ1) is 16.5. The van der Waals surface area contributed by atoms with E-state index in [1.54, 1.807) is 0 Å². The summed E-state index contributed by atoms with van der Waals surface area (Å²) in [6.45, 7) is 0. The van der Waals surface area contributed by atoms with Crippen LogP contribution in [0.4, 0.5) is 30.4 Å². The molecule has 0 aliphatic heterocycles. The minimum Gasteiger partial charge on any atom is -0.495 e. The molecule has 0 saturated heterocycles. The first-order valence-corrected chi connectivity index (χ1v) is 10.6. The average molecular weight is 526 g/mol. The van der Waals surface area contributed by atoms with Crippen LogP contribution in [0.3, 0.4) is 0 Å². The monoisotopic (exact) mass is 525 g/mol. The number of alkyl halides is 3. The van der Waals surface area contributed by atoms with Gasteiger partial charge in [0.1, 0.15) is 22.9 Å². The third kappa shape index (κ3) is 4.67. The second-order valence-corrected chi connectivity index (χ2v) is 8.02. The van der Waals surface area contributed by atoms with Gasteiger partial charge in [0.2, 0.25) is 0 Å². The molecule has 7 nitrogen and oxygen atoms in total. The van der Waals surface area contributed by atoms with Crippen LogP contribution in [0, 0.1) is 0 Å². The molecule has 4 rings (SSSR count). The zero-order valence-electron chi connectivity index (χ0n) is 18.1. The fourth-order valence-electron chi connectivity index (χ4n) is 3.37. The van der Waals surface area contributed by atoms with Crippen molar-refractivity contribution >= 4 is 51.4 Å². The quantitative estimate of drug-likeness (QED) is 0.286. The SMILES string of the molecule is COc1cc(OC)c(Cl)c(-c2cc3cnc(Nc4ccc(C(F)(F)F)cc4N)cc3oc2=O)c1Cl. The topological polar surface area (TPSA) is 99.6 Å². The van der Waals surface area contributed by atoms with Crippen molar-refractivity contribution in [3.63, 3.8) is 0 Å². The Morgan fingerprint density at radius 3 is 2.26 bits per heavy atom. The maximum Gasteiger partial charge on any atom is 0.416 e. The summed E-state index contributed by atoms with van der Waals surface area (Å²) < 4.78 is 54.6. The summed E-state index contributed by atoms with van der Waals surface area (Å²) >= 11 is 12.8. The molecule has 0 aliphatic rings. The predicted octanol–water partition coefficient (Wildman–Crippen LogP) is 6.52. The number of ether oxygens (including phenoxy) is 2. The molecule has 0 fully saturated rings. The molecule has 0 aliphatic carbocycles. The molecule has 0 saturated carbocycles. The smallest absolute Gasteiger partial charge is 0.416 e. The fraction of sp³-hybridized carbons (Fsp3) is 0.130. The van der Waals surface area contributed by atoms with Crippen molar-refractivity contribution in [2.24, 2.45) is 0 Å². The van der Waals surface area contributed by atoms with Crippen LogP contribution in [0.2, 0.25) is 10.0 Å². The number of nitrogens with zero attached hydrogens (tertiary/aromatic N) is 1. The van der Waals surface area contributed by atoms with Crippen molar-refractivity contribution in [2.45, 2.75) is 6.18 Å². The molecule has 182 valence electrons. The molecule has 35 heavy (non-hydrogen) atoms. The molecular weight excluding hydrogens is 510 g/mol. The zero-order chi connectivity index (χ0) is 25.5. The summed E-state index contributed by atoms with van der Waals surface area (Å²) in [7, 11) is 2.81. The van der Waals surface area contributed by atoms with Gasteiger partial charge in [0, 0.05) is 29.3 Å². The Morgan fingerprint density at radius 1 is 1.03 bits per heavy atom. The summed E-state index contributed by atoms with van der Waals surface area (Å²) in [5.74, 6) is 0.683. The molecule has 0 radical (unpaired) electrons. The second kappa shape index (κ2) is 9.20. The maximum absolute atomic E-state index is 12.9. The average Bonchev–Trinajstić information content (AvgIpc) is 2.80. The van der Waals surface area contributed by atoms with Crippen molar-refractivity contribution in [1.82, 2.24) is 4.98 Å². The molecule has 2 aromatic heterocycles. The molecule has 0 amide bonds. The molecule has 0 spiro atoms. The van der Waals surface area contributed by atoms with E-state index in [1.165, 1.54) is 44.7 Å². The van der Waals surface area contributed by atoms with Crippen LogP contribution in [-0.4, -0.2) is 19.2 Å². The molecule has 2 heterocycles. The van der Waals surface area contributed by atoms with Gasteiger partial charge in [0.05, 0.1) is 46.8 Å². The van der Waals surface area contributed by atoms with Gasteiger partial charge in [0.15, 0.2) is 0 Å². The van der Waals surface area contributed by atoms with E-state index in [1.807, 2.05) is 0 Å². The van der Waals surface area contributed by atoms with Crippen molar-refractivity contribution in [2.75, 3.05) is 25.3 Å². The second-order valence-electron chi connectivity index (χ2n) is 7.26. The van der Waals surface area contributed by atoms with Crippen LogP contribution in [0.15, 0.2) is 51.8 Å². The Balaban J connectivity index is 1.75. The van der Waals surface area contributed by atoms with Gasteiger partial charge < -0.3 is 24.9 Å². The highest BCUT2D eigenvalue weighted by molar-refractivity contribution is 6.41. The van der Waals surface area contributed by atoms with Crippen LogP contribution in [0.5, 0.6) is 11.5 Å². The lowest BCUT2D eigenvalue weighted by Gasteiger charge is -2.14. The summed E-state index contributed by atoms with van der Waals surface area (Å²) in [6, 6.07) is 7.28. The minimum atomic E-state index is -4.52. The van der Waals surface area contributed by atoms with Crippen LogP contribution in [0.25, 0.3) is 22.1 Å². The zero-order valence-corrected chi connectivity index (χ0v) is 19.6. The largest absolute Gasteiger partial charge is 0.495 e. The number of fused-ring (bicyclic) bond motifs is 1. The molecule has 3 N–H and O–H groups in total. The van der Waals surface area contributed by atoms with E-state index in [9.17, 15) is 18.0 Å². The summed E-state index contributed by atoms with van der Waals surface area (Å²) in [5.41, 5.74) is 4.58. The van der Waals surface area contributed by atoms with Gasteiger partial charge in [-0.3, -0.25) is 0 Å². The van der Waals surface area contributed by atoms with Gasteiger partial charge in [0.25, 0.3) is 0 Å². The Hall–Kier alpha value is -3.63. The van der Waals surface area contributed by atoms with E-state index in [0.29, 0.717) is 5.39 Å². The highest BCUT2D eigenvalue weighted by Crippen LogP contribution is 2.45. The molecule has 2 aromatic carbocycles. The van der Waals surface area contributed by atoms with Crippen LogP contribution < -0.4 is 26.1 Å². The van der Waals surface area contributed by atoms with Crippen LogP contribution in [-0.2, 0) is 6.18 Å². The summed E-state index contributed by atoms with van der Waals surface area (Å²) in [6.07, 6.45) is -3.11. The lowest BCUT2D eigenvalue weighted by Crippen LogP contribution is -2.07. The van der Waals surface area contributed by atoms with Gasteiger partial charge in [-0.2, -0.15) is 13.2 Å². The number of hydrogen-bond acceptors (Lipinski definition) is 7. The van der Waals surface area contributed by atoms with Gasteiger partial charge >= 0.3 is 11.8 Å². The first kappa shape index (κ1) is 24.5. The molecule has 0 bridgehead atoms. The lowest BCUT2D eigenvalue weighted by atomic mass is 10.1. The van der Waals surface area contributed by atoms with Crippen molar-refractivity contribution in [1.29, 1.82) is 0 Å². The Kier molecular flexibility index (Phi) is 6.44. The van der Waals surface area contributed by atoms with Crippen molar-refractivity contribution in [3.05, 3.63) is 68.6 Å².